The fraction of sp³-hybridized carbons (Fsp3) is 0.391. The zero-order valence-corrected chi connectivity index (χ0v) is 19.4. The number of nitrogens with zero attached hydrogens (tertiary/aromatic N) is 6. The van der Waals surface area contributed by atoms with E-state index in [0.29, 0.717) is 42.3 Å². The van der Waals surface area contributed by atoms with Crippen LogP contribution in [0.5, 0.6) is 5.75 Å². The quantitative estimate of drug-likeness (QED) is 0.523. The lowest BCUT2D eigenvalue weighted by Gasteiger charge is -2.30. The van der Waals surface area contributed by atoms with Gasteiger partial charge in [-0.25, -0.2) is 14.2 Å². The molecule has 1 unspecified atom stereocenters. The molecular weight excluding hydrogens is 457 g/mol. The van der Waals surface area contributed by atoms with E-state index in [9.17, 15) is 19.1 Å². The molecule has 0 saturated carbocycles. The summed E-state index contributed by atoms with van der Waals surface area (Å²) in [5, 5.41) is 24.6. The minimum absolute atomic E-state index is 0.103. The molecule has 12 heteroatoms. The van der Waals surface area contributed by atoms with Crippen LogP contribution in [0.25, 0.3) is 11.4 Å². The average Bonchev–Trinajstić information content (AvgIpc) is 3.31. The summed E-state index contributed by atoms with van der Waals surface area (Å²) >= 11 is 0. The predicted octanol–water partition coefficient (Wildman–Crippen LogP) is 2.51. The lowest BCUT2D eigenvalue weighted by atomic mass is 9.99. The Bertz CT molecular complexity index is 1230. The van der Waals surface area contributed by atoms with Crippen molar-refractivity contribution in [3.63, 3.8) is 0 Å². The highest BCUT2D eigenvalue weighted by molar-refractivity contribution is 5.93. The summed E-state index contributed by atoms with van der Waals surface area (Å²) in [5.41, 5.74) is 2.07. The number of carbonyl (C=O) groups excluding carboxylic acids is 1. The number of rotatable bonds is 7. The molecule has 1 atom stereocenters. The summed E-state index contributed by atoms with van der Waals surface area (Å²) in [5.74, 6) is -0.325. The van der Waals surface area contributed by atoms with Crippen LogP contribution in [0.4, 0.5) is 9.18 Å². The smallest absolute Gasteiger partial charge is 0.407 e. The number of likely N-dealkylation sites (tertiary alicyclic amines) is 1. The first-order chi connectivity index (χ1) is 16.8. The molecule has 0 bridgehead atoms. The van der Waals surface area contributed by atoms with E-state index in [1.54, 1.807) is 25.1 Å². The SMILES string of the molecule is COc1cc(CNC(=O)c2cc(-c3nnn(CC4CCCN(C(=O)O)C4)n3)cc(C)n2)ccc1F. The number of amides is 2. The van der Waals surface area contributed by atoms with Gasteiger partial charge in [0.25, 0.3) is 5.91 Å². The molecule has 1 fully saturated rings. The molecule has 2 aromatic heterocycles. The van der Waals surface area contributed by atoms with E-state index in [1.165, 1.54) is 28.9 Å². The highest BCUT2D eigenvalue weighted by Crippen LogP contribution is 2.21. The first-order valence-corrected chi connectivity index (χ1v) is 11.2. The minimum atomic E-state index is -0.918. The third-order valence-corrected chi connectivity index (χ3v) is 5.78. The molecule has 0 radical (unpaired) electrons. The minimum Gasteiger partial charge on any atom is -0.494 e. The zero-order valence-electron chi connectivity index (χ0n) is 19.4. The first kappa shape index (κ1) is 24.0. The van der Waals surface area contributed by atoms with Crippen molar-refractivity contribution in [2.24, 2.45) is 5.92 Å². The molecule has 35 heavy (non-hydrogen) atoms. The van der Waals surface area contributed by atoms with E-state index in [1.807, 2.05) is 0 Å². The van der Waals surface area contributed by atoms with Gasteiger partial charge in [-0.15, -0.1) is 10.2 Å². The number of piperidine rings is 1. The Labute approximate surface area is 200 Å². The van der Waals surface area contributed by atoms with E-state index in [0.717, 1.165) is 12.8 Å². The van der Waals surface area contributed by atoms with Crippen molar-refractivity contribution in [1.29, 1.82) is 0 Å². The molecule has 1 aliphatic heterocycles. The number of benzene rings is 1. The normalized spacial score (nSPS) is 15.6. The number of hydrogen-bond acceptors (Lipinski definition) is 7. The maximum atomic E-state index is 13.6. The number of carbonyl (C=O) groups is 2. The van der Waals surface area contributed by atoms with Gasteiger partial charge in [0, 0.05) is 30.9 Å². The summed E-state index contributed by atoms with van der Waals surface area (Å²) in [7, 11) is 1.38. The number of aryl methyl sites for hydroxylation is 1. The van der Waals surface area contributed by atoms with Gasteiger partial charge in [0.2, 0.25) is 5.82 Å². The molecule has 3 heterocycles. The van der Waals surface area contributed by atoms with Gasteiger partial charge in [-0.05, 0) is 60.7 Å². The van der Waals surface area contributed by atoms with Crippen molar-refractivity contribution in [3.05, 3.63) is 53.1 Å². The Morgan fingerprint density at radius 2 is 2.11 bits per heavy atom. The number of aromatic nitrogens is 5. The highest BCUT2D eigenvalue weighted by atomic mass is 19.1. The number of tetrazole rings is 1. The number of hydrogen-bond donors (Lipinski definition) is 2. The number of nitrogens with one attached hydrogen (secondary N) is 1. The zero-order chi connectivity index (χ0) is 24.9. The molecular formula is C23H26FN7O4. The van der Waals surface area contributed by atoms with Crippen LogP contribution in [0.1, 0.15) is 34.6 Å². The summed E-state index contributed by atoms with van der Waals surface area (Å²) in [6.07, 6.45) is 0.767. The summed E-state index contributed by atoms with van der Waals surface area (Å²) in [6, 6.07) is 7.72. The number of pyridine rings is 1. The molecule has 2 N–H and O–H groups in total. The van der Waals surface area contributed by atoms with Crippen molar-refractivity contribution in [3.8, 4) is 17.1 Å². The van der Waals surface area contributed by atoms with Crippen LogP contribution in [0.15, 0.2) is 30.3 Å². The van der Waals surface area contributed by atoms with Crippen LogP contribution >= 0.6 is 0 Å². The largest absolute Gasteiger partial charge is 0.494 e. The molecule has 184 valence electrons. The number of ether oxygens (including phenoxy) is 1. The van der Waals surface area contributed by atoms with Gasteiger partial charge in [0.15, 0.2) is 11.6 Å². The van der Waals surface area contributed by atoms with Crippen molar-refractivity contribution in [1.82, 2.24) is 35.4 Å². The highest BCUT2D eigenvalue weighted by Gasteiger charge is 2.24. The molecule has 1 saturated heterocycles. The molecule has 2 amide bonds. The molecule has 11 nitrogen and oxygen atoms in total. The van der Waals surface area contributed by atoms with Gasteiger partial charge in [-0.3, -0.25) is 4.79 Å². The first-order valence-electron chi connectivity index (χ1n) is 11.2. The van der Waals surface area contributed by atoms with E-state index in [4.69, 9.17) is 4.74 Å². The average molecular weight is 484 g/mol. The number of carboxylic acid groups (broad SMARTS) is 1. The Kier molecular flexibility index (Phi) is 7.18. The van der Waals surface area contributed by atoms with Crippen molar-refractivity contribution < 1.29 is 23.8 Å². The van der Waals surface area contributed by atoms with Gasteiger partial charge in [-0.2, -0.15) is 4.80 Å². The second-order valence-corrected chi connectivity index (χ2v) is 8.44. The topological polar surface area (TPSA) is 135 Å². The van der Waals surface area contributed by atoms with E-state index in [-0.39, 0.29) is 23.9 Å². The molecule has 1 aromatic carbocycles. The van der Waals surface area contributed by atoms with Crippen LogP contribution in [0.2, 0.25) is 0 Å². The summed E-state index contributed by atoms with van der Waals surface area (Å²) in [4.78, 5) is 31.2. The second-order valence-electron chi connectivity index (χ2n) is 8.44. The fourth-order valence-corrected chi connectivity index (χ4v) is 4.06. The van der Waals surface area contributed by atoms with Gasteiger partial charge < -0.3 is 20.1 Å². The molecule has 4 rings (SSSR count). The van der Waals surface area contributed by atoms with Crippen LogP contribution < -0.4 is 10.1 Å². The molecule has 1 aliphatic rings. The Balaban J connectivity index is 1.43. The Morgan fingerprint density at radius 1 is 1.29 bits per heavy atom. The van der Waals surface area contributed by atoms with Gasteiger partial charge >= 0.3 is 6.09 Å². The Morgan fingerprint density at radius 3 is 2.89 bits per heavy atom. The van der Waals surface area contributed by atoms with Crippen molar-refractivity contribution >= 4 is 12.0 Å². The van der Waals surface area contributed by atoms with Crippen LogP contribution in [0, 0.1) is 18.7 Å². The maximum Gasteiger partial charge on any atom is 0.407 e. The monoisotopic (exact) mass is 483 g/mol. The third kappa shape index (κ3) is 5.89. The third-order valence-electron chi connectivity index (χ3n) is 5.78. The molecule has 0 aliphatic carbocycles. The standard InChI is InChI=1S/C23H26FN7O4/c1-14-8-17(21-27-29-31(28-21)13-16-4-3-7-30(12-16)23(33)34)10-19(26-14)22(32)25-11-15-5-6-18(24)20(9-15)35-2/h5-6,8-10,16H,3-4,7,11-13H2,1-2H3,(H,25,32)(H,33,34). The lowest BCUT2D eigenvalue weighted by Crippen LogP contribution is -2.40. The summed E-state index contributed by atoms with van der Waals surface area (Å²) in [6.45, 7) is 3.36. The molecule has 3 aromatic rings. The van der Waals surface area contributed by atoms with Crippen molar-refractivity contribution in [2.45, 2.75) is 32.9 Å². The predicted molar refractivity (Wildman–Crippen MR) is 122 cm³/mol. The fourth-order valence-electron chi connectivity index (χ4n) is 4.06. The van der Waals surface area contributed by atoms with Crippen molar-refractivity contribution in [2.75, 3.05) is 20.2 Å². The second kappa shape index (κ2) is 10.5. The van der Waals surface area contributed by atoms with E-state index >= 15 is 0 Å². The van der Waals surface area contributed by atoms with Crippen LogP contribution in [-0.4, -0.2) is 67.4 Å². The van der Waals surface area contributed by atoms with Gasteiger partial charge in [-0.1, -0.05) is 6.07 Å². The molecule has 0 spiro atoms. The summed E-state index contributed by atoms with van der Waals surface area (Å²) < 4.78 is 18.6. The van der Waals surface area contributed by atoms with E-state index < -0.39 is 17.8 Å². The van der Waals surface area contributed by atoms with Gasteiger partial charge in [0.05, 0.1) is 13.7 Å². The number of methoxy groups -OCH3 is 1. The van der Waals surface area contributed by atoms with E-state index in [2.05, 4.69) is 25.7 Å². The van der Waals surface area contributed by atoms with Crippen LogP contribution in [-0.2, 0) is 13.1 Å². The Hall–Kier alpha value is -4.09. The maximum absolute atomic E-state index is 13.6. The van der Waals surface area contributed by atoms with Gasteiger partial charge in [0.1, 0.15) is 5.69 Å². The number of halogens is 1. The lowest BCUT2D eigenvalue weighted by molar-refractivity contribution is 0.0945. The van der Waals surface area contributed by atoms with Crippen LogP contribution in [0.3, 0.4) is 0 Å².